The van der Waals surface area contributed by atoms with Gasteiger partial charge >= 0.3 is 0 Å². The molecule has 0 spiro atoms. The second kappa shape index (κ2) is 7.28. The maximum absolute atomic E-state index is 2.73. The minimum atomic E-state index is 0.376. The molecule has 0 saturated carbocycles. The molecular formula is C22H29N3. The van der Waals surface area contributed by atoms with Gasteiger partial charge in [-0.3, -0.25) is 9.80 Å². The number of rotatable bonds is 4. The molecule has 3 nitrogen and oxygen atoms in total. The highest BCUT2D eigenvalue weighted by Gasteiger charge is 2.39. The van der Waals surface area contributed by atoms with E-state index in [0.717, 1.165) is 0 Å². The lowest BCUT2D eigenvalue weighted by Gasteiger charge is -2.53. The van der Waals surface area contributed by atoms with E-state index in [1.807, 2.05) is 0 Å². The van der Waals surface area contributed by atoms with Crippen molar-refractivity contribution in [2.75, 3.05) is 39.8 Å². The van der Waals surface area contributed by atoms with E-state index in [1.54, 1.807) is 0 Å². The smallest absolute Gasteiger partial charge is 0.0602 e. The van der Waals surface area contributed by atoms with E-state index < -0.39 is 0 Å². The summed E-state index contributed by atoms with van der Waals surface area (Å²) in [6, 6.07) is 23.7. The molecule has 0 amide bonds. The van der Waals surface area contributed by atoms with Crippen LogP contribution in [0.3, 0.4) is 0 Å². The van der Waals surface area contributed by atoms with Crippen LogP contribution in [0, 0.1) is 0 Å². The third-order valence-corrected chi connectivity index (χ3v) is 5.84. The number of piperazine rings is 1. The monoisotopic (exact) mass is 335 g/mol. The first-order valence-corrected chi connectivity index (χ1v) is 9.50. The maximum Gasteiger partial charge on any atom is 0.0602 e. The Morgan fingerprint density at radius 1 is 0.800 bits per heavy atom. The second-order valence-corrected chi connectivity index (χ2v) is 7.68. The number of hydrogen-bond donors (Lipinski definition) is 0. The Labute approximate surface area is 151 Å². The van der Waals surface area contributed by atoms with E-state index in [2.05, 4.69) is 89.3 Å². The zero-order valence-corrected chi connectivity index (χ0v) is 15.4. The topological polar surface area (TPSA) is 9.72 Å². The lowest BCUT2D eigenvalue weighted by molar-refractivity contribution is -0.0303. The number of hydrogen-bond acceptors (Lipinski definition) is 3. The van der Waals surface area contributed by atoms with E-state index in [0.29, 0.717) is 18.1 Å². The van der Waals surface area contributed by atoms with Gasteiger partial charge in [-0.15, -0.1) is 0 Å². The maximum atomic E-state index is 2.73. The molecule has 25 heavy (non-hydrogen) atoms. The Morgan fingerprint density at radius 3 is 1.88 bits per heavy atom. The summed E-state index contributed by atoms with van der Waals surface area (Å²) >= 11 is 0. The molecule has 0 radical (unpaired) electrons. The van der Waals surface area contributed by atoms with Gasteiger partial charge in [0, 0.05) is 44.8 Å². The fraction of sp³-hybridized carbons (Fsp3) is 0.455. The highest BCUT2D eigenvalue weighted by Crippen LogP contribution is 2.34. The normalized spacial score (nSPS) is 23.7. The van der Waals surface area contributed by atoms with Crippen LogP contribution < -0.4 is 0 Å². The molecule has 0 aromatic heterocycles. The third-order valence-electron chi connectivity index (χ3n) is 5.84. The molecule has 1 unspecified atom stereocenters. The Kier molecular flexibility index (Phi) is 4.89. The summed E-state index contributed by atoms with van der Waals surface area (Å²) < 4.78 is 0. The number of likely N-dealkylation sites (N-methyl/N-ethyl adjacent to an activating group) is 1. The van der Waals surface area contributed by atoms with Gasteiger partial charge < -0.3 is 4.90 Å². The first kappa shape index (κ1) is 16.8. The predicted molar refractivity (Wildman–Crippen MR) is 104 cm³/mol. The molecule has 0 N–H and O–H groups in total. The van der Waals surface area contributed by atoms with Crippen LogP contribution >= 0.6 is 0 Å². The first-order chi connectivity index (χ1) is 12.2. The minimum absolute atomic E-state index is 0.376. The molecule has 2 aliphatic rings. The summed E-state index contributed by atoms with van der Waals surface area (Å²) in [5.74, 6) is 0. The van der Waals surface area contributed by atoms with Crippen LogP contribution in [0.25, 0.3) is 0 Å². The predicted octanol–water partition coefficient (Wildman–Crippen LogP) is 3.10. The van der Waals surface area contributed by atoms with Crippen molar-refractivity contribution in [3.63, 3.8) is 0 Å². The van der Waals surface area contributed by atoms with Crippen molar-refractivity contribution in [3.05, 3.63) is 71.8 Å². The van der Waals surface area contributed by atoms with Gasteiger partial charge in [0.25, 0.3) is 0 Å². The standard InChI is InChI=1S/C22H29N3/c1-18-15-23(2)13-14-25(18)21-16-24(17-21)22(19-9-5-3-6-10-19)20-11-7-4-8-12-20/h3-12,18,21-22H,13-17H2,1-2H3. The average molecular weight is 335 g/mol. The van der Waals surface area contributed by atoms with E-state index >= 15 is 0 Å². The van der Waals surface area contributed by atoms with E-state index in [9.17, 15) is 0 Å². The zero-order valence-electron chi connectivity index (χ0n) is 15.4. The van der Waals surface area contributed by atoms with Gasteiger partial charge in [0.2, 0.25) is 0 Å². The zero-order chi connectivity index (χ0) is 17.2. The molecule has 0 bridgehead atoms. The van der Waals surface area contributed by atoms with Gasteiger partial charge in [-0.2, -0.15) is 0 Å². The molecule has 132 valence electrons. The molecule has 3 heteroatoms. The average Bonchev–Trinajstić information content (AvgIpc) is 2.60. The van der Waals surface area contributed by atoms with Crippen LogP contribution in [0.15, 0.2) is 60.7 Å². The van der Waals surface area contributed by atoms with Crippen LogP contribution in [0.1, 0.15) is 24.1 Å². The summed E-state index contributed by atoms with van der Waals surface area (Å²) in [4.78, 5) is 7.82. The van der Waals surface area contributed by atoms with Gasteiger partial charge in [0.15, 0.2) is 0 Å². The third kappa shape index (κ3) is 3.50. The molecule has 2 aromatic rings. The summed E-state index contributed by atoms with van der Waals surface area (Å²) in [6.45, 7) is 8.31. The van der Waals surface area contributed by atoms with Crippen LogP contribution in [0.4, 0.5) is 0 Å². The lowest BCUT2D eigenvalue weighted by atomic mass is 9.92. The second-order valence-electron chi connectivity index (χ2n) is 7.68. The molecule has 2 aromatic carbocycles. The van der Waals surface area contributed by atoms with Gasteiger partial charge in [-0.05, 0) is 25.1 Å². The van der Waals surface area contributed by atoms with Crippen molar-refractivity contribution >= 4 is 0 Å². The van der Waals surface area contributed by atoms with E-state index in [4.69, 9.17) is 0 Å². The fourth-order valence-electron chi connectivity index (χ4n) is 4.49. The Morgan fingerprint density at radius 2 is 1.36 bits per heavy atom. The van der Waals surface area contributed by atoms with Gasteiger partial charge in [0.1, 0.15) is 0 Å². The van der Waals surface area contributed by atoms with Crippen molar-refractivity contribution < 1.29 is 0 Å². The molecule has 2 saturated heterocycles. The SMILES string of the molecule is CC1CN(C)CCN1C1CN(C(c2ccccc2)c2ccccc2)C1. The van der Waals surface area contributed by atoms with Gasteiger partial charge in [-0.1, -0.05) is 60.7 Å². The lowest BCUT2D eigenvalue weighted by Crippen LogP contribution is -2.65. The summed E-state index contributed by atoms with van der Waals surface area (Å²) in [6.07, 6.45) is 0. The van der Waals surface area contributed by atoms with Crippen LogP contribution in [0.2, 0.25) is 0 Å². The van der Waals surface area contributed by atoms with E-state index in [-0.39, 0.29) is 0 Å². The van der Waals surface area contributed by atoms with Crippen LogP contribution in [-0.4, -0.2) is 66.6 Å². The quantitative estimate of drug-likeness (QED) is 0.850. The molecule has 1 atom stereocenters. The highest BCUT2D eigenvalue weighted by atomic mass is 15.4. The highest BCUT2D eigenvalue weighted by molar-refractivity contribution is 5.32. The first-order valence-electron chi connectivity index (χ1n) is 9.50. The number of likely N-dealkylation sites (tertiary alicyclic amines) is 1. The van der Waals surface area contributed by atoms with Gasteiger partial charge in [-0.25, -0.2) is 0 Å². The molecule has 2 heterocycles. The Hall–Kier alpha value is -1.68. The van der Waals surface area contributed by atoms with Crippen LogP contribution in [0.5, 0.6) is 0 Å². The van der Waals surface area contributed by atoms with Crippen LogP contribution in [-0.2, 0) is 0 Å². The summed E-state index contributed by atoms with van der Waals surface area (Å²) in [7, 11) is 2.24. The molecule has 2 aliphatic heterocycles. The Balaban J connectivity index is 1.49. The van der Waals surface area contributed by atoms with Crippen molar-refractivity contribution in [2.24, 2.45) is 0 Å². The minimum Gasteiger partial charge on any atom is -0.304 e. The molecular weight excluding hydrogens is 306 g/mol. The largest absolute Gasteiger partial charge is 0.304 e. The molecule has 0 aliphatic carbocycles. The molecule has 4 rings (SSSR count). The summed E-state index contributed by atoms with van der Waals surface area (Å²) in [5, 5.41) is 0. The number of nitrogens with zero attached hydrogens (tertiary/aromatic N) is 3. The van der Waals surface area contributed by atoms with Crippen molar-refractivity contribution in [1.82, 2.24) is 14.7 Å². The fourth-order valence-corrected chi connectivity index (χ4v) is 4.49. The Bertz CT molecular complexity index is 627. The molecule has 2 fully saturated rings. The van der Waals surface area contributed by atoms with Crippen molar-refractivity contribution in [3.8, 4) is 0 Å². The van der Waals surface area contributed by atoms with Crippen molar-refractivity contribution in [1.29, 1.82) is 0 Å². The number of benzene rings is 2. The van der Waals surface area contributed by atoms with Gasteiger partial charge in [0.05, 0.1) is 6.04 Å². The summed E-state index contributed by atoms with van der Waals surface area (Å²) in [5.41, 5.74) is 2.80. The van der Waals surface area contributed by atoms with E-state index in [1.165, 1.54) is 43.9 Å². The van der Waals surface area contributed by atoms with Crippen molar-refractivity contribution in [2.45, 2.75) is 25.0 Å².